The van der Waals surface area contributed by atoms with Gasteiger partial charge in [0, 0.05) is 35.9 Å². The van der Waals surface area contributed by atoms with Crippen molar-refractivity contribution in [3.8, 4) is 11.4 Å². The maximum Gasteiger partial charge on any atom is 0.182 e. The molecule has 8 heteroatoms. The van der Waals surface area contributed by atoms with Crippen molar-refractivity contribution < 1.29 is 9.47 Å². The van der Waals surface area contributed by atoms with Gasteiger partial charge in [-0.1, -0.05) is 0 Å². The number of hydrogen-bond acceptors (Lipinski definition) is 6. The molecule has 2 N–H and O–H groups in total. The summed E-state index contributed by atoms with van der Waals surface area (Å²) in [5, 5.41) is 11.9. The van der Waals surface area contributed by atoms with Gasteiger partial charge in [0.05, 0.1) is 13.2 Å². The van der Waals surface area contributed by atoms with Crippen LogP contribution in [-0.4, -0.2) is 46.1 Å². The van der Waals surface area contributed by atoms with E-state index >= 15 is 0 Å². The van der Waals surface area contributed by atoms with Gasteiger partial charge < -0.3 is 15.2 Å². The van der Waals surface area contributed by atoms with Crippen LogP contribution in [0.25, 0.3) is 11.4 Å². The fraction of sp³-hybridized carbons (Fsp3) is 0.462. The van der Waals surface area contributed by atoms with Crippen LogP contribution in [0.5, 0.6) is 0 Å². The fourth-order valence-corrected chi connectivity index (χ4v) is 2.66. The van der Waals surface area contributed by atoms with Gasteiger partial charge in [-0.2, -0.15) is 0 Å². The van der Waals surface area contributed by atoms with Crippen LogP contribution in [-0.2, 0) is 16.0 Å². The summed E-state index contributed by atoms with van der Waals surface area (Å²) in [6.07, 6.45) is 0.825. The molecule has 1 aliphatic heterocycles. The number of nitrogen functional groups attached to an aromatic ring is 1. The fourth-order valence-electron chi connectivity index (χ4n) is 2.41. The second-order valence-electron chi connectivity index (χ2n) is 5.09. The van der Waals surface area contributed by atoms with E-state index in [0.717, 1.165) is 16.5 Å². The Bertz CT molecular complexity index is 639. The largest absolute Gasteiger partial charge is 0.398 e. The smallest absolute Gasteiger partial charge is 0.182 e. The summed E-state index contributed by atoms with van der Waals surface area (Å²) in [4.78, 5) is 0. The molecule has 0 amide bonds. The number of aromatic nitrogens is 4. The highest BCUT2D eigenvalue weighted by atomic mass is 79.9. The first-order valence-electron chi connectivity index (χ1n) is 6.58. The van der Waals surface area contributed by atoms with Crippen molar-refractivity contribution in [3.63, 3.8) is 0 Å². The summed E-state index contributed by atoms with van der Waals surface area (Å²) >= 11 is 3.38. The molecule has 112 valence electrons. The molecule has 0 radical (unpaired) electrons. The molecule has 1 atom stereocenters. The molecule has 7 nitrogen and oxygen atoms in total. The van der Waals surface area contributed by atoms with Gasteiger partial charge in [-0.25, -0.2) is 4.68 Å². The Hall–Kier alpha value is -1.51. The molecule has 21 heavy (non-hydrogen) atoms. The molecule has 1 aromatic heterocycles. The average Bonchev–Trinajstić information content (AvgIpc) is 3.12. The van der Waals surface area contributed by atoms with Gasteiger partial charge in [0.25, 0.3) is 0 Å². The quantitative estimate of drug-likeness (QED) is 0.837. The minimum atomic E-state index is -0.370. The Kier molecular flexibility index (Phi) is 3.92. The third-order valence-electron chi connectivity index (χ3n) is 3.72. The highest BCUT2D eigenvalue weighted by Crippen LogP contribution is 2.28. The molecule has 1 fully saturated rings. The molecular formula is C13H16BrN5O2. The molecule has 1 aromatic carbocycles. The van der Waals surface area contributed by atoms with Crippen LogP contribution in [0.3, 0.4) is 0 Å². The van der Waals surface area contributed by atoms with E-state index in [1.54, 1.807) is 11.8 Å². The van der Waals surface area contributed by atoms with Gasteiger partial charge in [-0.15, -0.1) is 5.10 Å². The molecule has 0 saturated carbocycles. The van der Waals surface area contributed by atoms with Gasteiger partial charge in [-0.3, -0.25) is 0 Å². The number of rotatable bonds is 4. The first kappa shape index (κ1) is 14.4. The second-order valence-corrected chi connectivity index (χ2v) is 5.94. The number of nitrogens with two attached hydrogens (primary N) is 1. The number of tetrazole rings is 1. The number of halogens is 1. The van der Waals surface area contributed by atoms with E-state index in [2.05, 4.69) is 31.5 Å². The first-order chi connectivity index (χ1) is 10.1. The Morgan fingerprint density at radius 2 is 2.38 bits per heavy atom. The van der Waals surface area contributed by atoms with Crippen LogP contribution in [0.1, 0.15) is 6.42 Å². The highest BCUT2D eigenvalue weighted by Gasteiger charge is 2.36. The summed E-state index contributed by atoms with van der Waals surface area (Å²) in [5.74, 6) is 0.664. The van der Waals surface area contributed by atoms with Crippen molar-refractivity contribution in [2.45, 2.75) is 18.6 Å². The number of methoxy groups -OCH3 is 1. The minimum Gasteiger partial charge on any atom is -0.398 e. The third-order valence-corrected chi connectivity index (χ3v) is 4.45. The zero-order valence-corrected chi connectivity index (χ0v) is 13.2. The van der Waals surface area contributed by atoms with Crippen LogP contribution >= 0.6 is 15.9 Å². The number of hydrogen-bond donors (Lipinski definition) is 1. The first-order valence-corrected chi connectivity index (χ1v) is 7.37. The molecule has 0 bridgehead atoms. The number of anilines is 1. The van der Waals surface area contributed by atoms with Crippen LogP contribution < -0.4 is 5.73 Å². The Labute approximate surface area is 130 Å². The van der Waals surface area contributed by atoms with Crippen molar-refractivity contribution in [2.24, 2.45) is 0 Å². The summed E-state index contributed by atoms with van der Waals surface area (Å²) < 4.78 is 13.7. The predicted octanol–water partition coefficient (Wildman–Crippen LogP) is 1.49. The lowest BCUT2D eigenvalue weighted by molar-refractivity contribution is -0.0317. The van der Waals surface area contributed by atoms with Gasteiger partial charge >= 0.3 is 0 Å². The van der Waals surface area contributed by atoms with Crippen LogP contribution in [0.15, 0.2) is 22.7 Å². The van der Waals surface area contributed by atoms with Gasteiger partial charge in [0.2, 0.25) is 0 Å². The lowest BCUT2D eigenvalue weighted by atomic mass is 10.0. The van der Waals surface area contributed by atoms with E-state index in [-0.39, 0.29) is 5.60 Å². The molecule has 0 spiro atoms. The third kappa shape index (κ3) is 2.78. The molecule has 1 unspecified atom stereocenters. The lowest BCUT2D eigenvalue weighted by Crippen LogP contribution is -2.37. The van der Waals surface area contributed by atoms with Crippen molar-refractivity contribution in [1.82, 2.24) is 20.2 Å². The predicted molar refractivity (Wildman–Crippen MR) is 80.5 cm³/mol. The summed E-state index contributed by atoms with van der Waals surface area (Å²) in [6, 6.07) is 5.65. The minimum absolute atomic E-state index is 0.370. The molecule has 1 saturated heterocycles. The summed E-state index contributed by atoms with van der Waals surface area (Å²) in [6.45, 7) is 1.78. The Morgan fingerprint density at radius 1 is 1.52 bits per heavy atom. The molecule has 2 aromatic rings. The van der Waals surface area contributed by atoms with E-state index in [4.69, 9.17) is 15.2 Å². The average molecular weight is 354 g/mol. The normalized spacial score (nSPS) is 21.8. The van der Waals surface area contributed by atoms with Crippen molar-refractivity contribution in [1.29, 1.82) is 0 Å². The number of ether oxygens (including phenoxy) is 2. The monoisotopic (exact) mass is 353 g/mol. The van der Waals surface area contributed by atoms with Crippen molar-refractivity contribution >= 4 is 21.6 Å². The molecular weight excluding hydrogens is 338 g/mol. The van der Waals surface area contributed by atoms with Crippen LogP contribution in [0.4, 0.5) is 5.69 Å². The molecule has 3 rings (SSSR count). The molecule has 2 heterocycles. The van der Waals surface area contributed by atoms with Crippen molar-refractivity contribution in [3.05, 3.63) is 22.7 Å². The molecule has 1 aliphatic rings. The van der Waals surface area contributed by atoms with E-state index in [9.17, 15) is 0 Å². The van der Waals surface area contributed by atoms with Gasteiger partial charge in [0.15, 0.2) is 5.82 Å². The highest BCUT2D eigenvalue weighted by molar-refractivity contribution is 9.10. The topological polar surface area (TPSA) is 88.1 Å². The maximum atomic E-state index is 5.92. The standard InChI is InChI=1S/C13H16BrN5O2/c1-20-13(4-5-21-8-13)7-19-12(16-17-18-19)9-2-3-10(14)11(15)6-9/h2-3,6H,4-5,7-8,15H2,1H3. The Balaban J connectivity index is 1.91. The second kappa shape index (κ2) is 5.70. The summed E-state index contributed by atoms with van der Waals surface area (Å²) in [7, 11) is 1.69. The van der Waals surface area contributed by atoms with Crippen molar-refractivity contribution in [2.75, 3.05) is 26.1 Å². The van der Waals surface area contributed by atoms with Crippen LogP contribution in [0, 0.1) is 0 Å². The van der Waals surface area contributed by atoms with E-state index < -0.39 is 0 Å². The van der Waals surface area contributed by atoms with Gasteiger partial charge in [0.1, 0.15) is 5.60 Å². The Morgan fingerprint density at radius 3 is 3.05 bits per heavy atom. The molecule has 0 aliphatic carbocycles. The number of benzene rings is 1. The zero-order chi connectivity index (χ0) is 14.9. The lowest BCUT2D eigenvalue weighted by Gasteiger charge is -2.25. The number of nitrogens with zero attached hydrogens (tertiary/aromatic N) is 4. The maximum absolute atomic E-state index is 5.92. The zero-order valence-electron chi connectivity index (χ0n) is 11.6. The van der Waals surface area contributed by atoms with Gasteiger partial charge in [-0.05, 0) is 44.6 Å². The van der Waals surface area contributed by atoms with E-state index in [1.165, 1.54) is 0 Å². The van der Waals surface area contributed by atoms with E-state index in [0.29, 0.717) is 31.3 Å². The SMILES string of the molecule is COC1(Cn2nnnc2-c2ccc(Br)c(N)c2)CCOC1. The van der Waals surface area contributed by atoms with E-state index in [1.807, 2.05) is 18.2 Å². The summed E-state index contributed by atoms with van der Waals surface area (Å²) in [5.41, 5.74) is 7.07. The van der Waals surface area contributed by atoms with Crippen LogP contribution in [0.2, 0.25) is 0 Å².